The van der Waals surface area contributed by atoms with Gasteiger partial charge in [-0.2, -0.15) is 0 Å². The second kappa shape index (κ2) is 4.38. The van der Waals surface area contributed by atoms with Crippen molar-refractivity contribution < 1.29 is 0 Å². The molecule has 0 atom stereocenters. The predicted octanol–water partition coefficient (Wildman–Crippen LogP) is 2.97. The van der Waals surface area contributed by atoms with Crippen LogP contribution in [0.5, 0.6) is 0 Å². The minimum Gasteiger partial charge on any atom is -0.312 e. The van der Waals surface area contributed by atoms with Crippen LogP contribution in [-0.4, -0.2) is 15.0 Å². The van der Waals surface area contributed by atoms with Crippen LogP contribution in [0.2, 0.25) is 0 Å². The van der Waals surface area contributed by atoms with Crippen LogP contribution in [-0.2, 0) is 19.3 Å². The van der Waals surface area contributed by atoms with E-state index in [0.717, 1.165) is 35.0 Å². The zero-order chi connectivity index (χ0) is 13.7. The summed E-state index contributed by atoms with van der Waals surface area (Å²) >= 11 is 1.47. The van der Waals surface area contributed by atoms with Crippen molar-refractivity contribution in [3.8, 4) is 0 Å². The second-order valence-electron chi connectivity index (χ2n) is 5.27. The molecule has 102 valence electrons. The van der Waals surface area contributed by atoms with E-state index in [0.29, 0.717) is 4.70 Å². The molecule has 3 aromatic heterocycles. The lowest BCUT2D eigenvalue weighted by Crippen LogP contribution is -2.09. The number of pyridine rings is 1. The predicted molar refractivity (Wildman–Crippen MR) is 81.6 cm³/mol. The summed E-state index contributed by atoms with van der Waals surface area (Å²) in [5.74, 6) is 0. The van der Waals surface area contributed by atoms with E-state index in [4.69, 9.17) is 4.98 Å². The number of H-pyrrole nitrogens is 1. The van der Waals surface area contributed by atoms with Crippen LogP contribution in [0.15, 0.2) is 11.1 Å². The number of aryl methyl sites for hydroxylation is 2. The van der Waals surface area contributed by atoms with Gasteiger partial charge in [-0.3, -0.25) is 4.79 Å². The van der Waals surface area contributed by atoms with Gasteiger partial charge >= 0.3 is 0 Å². The van der Waals surface area contributed by atoms with Gasteiger partial charge in [0.15, 0.2) is 0 Å². The monoisotopic (exact) mass is 285 g/mol. The number of nitrogens with zero attached hydrogens (tertiary/aromatic N) is 2. The molecule has 0 saturated heterocycles. The molecular weight excluding hydrogens is 270 g/mol. The second-order valence-corrected chi connectivity index (χ2v) is 6.27. The van der Waals surface area contributed by atoms with Crippen LogP contribution < -0.4 is 5.56 Å². The van der Waals surface area contributed by atoms with Gasteiger partial charge in [0.25, 0.3) is 5.56 Å². The molecule has 4 rings (SSSR count). The van der Waals surface area contributed by atoms with E-state index in [-0.39, 0.29) is 5.56 Å². The summed E-state index contributed by atoms with van der Waals surface area (Å²) in [6.45, 7) is 2.15. The Morgan fingerprint density at radius 2 is 2.10 bits per heavy atom. The molecule has 0 aliphatic heterocycles. The van der Waals surface area contributed by atoms with Gasteiger partial charge in [0.1, 0.15) is 9.53 Å². The van der Waals surface area contributed by atoms with Crippen molar-refractivity contribution in [1.29, 1.82) is 0 Å². The standard InChI is InChI=1S/C15H15N3OS/c1-2-10-8-5-3-4-6-9(8)11-12-13(20-15(11)18-10)14(19)17-7-16-12/h7H,2-6H2,1H3,(H,16,17,19). The molecule has 0 saturated carbocycles. The number of hydrogen-bond donors (Lipinski definition) is 1. The Balaban J connectivity index is 2.22. The third-order valence-electron chi connectivity index (χ3n) is 4.15. The van der Waals surface area contributed by atoms with Crippen LogP contribution in [0.3, 0.4) is 0 Å². The number of fused-ring (bicyclic) bond motifs is 5. The van der Waals surface area contributed by atoms with Crippen molar-refractivity contribution in [3.05, 3.63) is 33.5 Å². The fourth-order valence-electron chi connectivity index (χ4n) is 3.24. The van der Waals surface area contributed by atoms with Gasteiger partial charge in [-0.15, -0.1) is 11.3 Å². The topological polar surface area (TPSA) is 58.6 Å². The highest BCUT2D eigenvalue weighted by molar-refractivity contribution is 7.25. The molecule has 0 fully saturated rings. The van der Waals surface area contributed by atoms with E-state index in [1.54, 1.807) is 0 Å². The summed E-state index contributed by atoms with van der Waals surface area (Å²) in [5, 5.41) is 1.13. The lowest BCUT2D eigenvalue weighted by Gasteiger charge is -2.19. The number of aromatic amines is 1. The number of hydrogen-bond acceptors (Lipinski definition) is 4. The van der Waals surface area contributed by atoms with E-state index < -0.39 is 0 Å². The maximum Gasteiger partial charge on any atom is 0.268 e. The normalized spacial score (nSPS) is 14.8. The fourth-order valence-corrected chi connectivity index (χ4v) is 4.32. The highest BCUT2D eigenvalue weighted by Crippen LogP contribution is 2.37. The molecule has 0 bridgehead atoms. The van der Waals surface area contributed by atoms with Gasteiger partial charge in [0, 0.05) is 11.1 Å². The van der Waals surface area contributed by atoms with Crippen molar-refractivity contribution >= 4 is 31.8 Å². The van der Waals surface area contributed by atoms with Crippen LogP contribution in [0.4, 0.5) is 0 Å². The van der Waals surface area contributed by atoms with E-state index in [1.165, 1.54) is 47.3 Å². The first-order valence-electron chi connectivity index (χ1n) is 7.10. The highest BCUT2D eigenvalue weighted by atomic mass is 32.1. The molecule has 0 aromatic carbocycles. The summed E-state index contributed by atoms with van der Waals surface area (Å²) in [7, 11) is 0. The first-order chi connectivity index (χ1) is 9.79. The van der Waals surface area contributed by atoms with Crippen LogP contribution in [0.25, 0.3) is 20.4 Å². The lowest BCUT2D eigenvalue weighted by atomic mass is 9.88. The Labute approximate surface area is 119 Å². The lowest BCUT2D eigenvalue weighted by molar-refractivity contribution is 0.679. The zero-order valence-electron chi connectivity index (χ0n) is 11.3. The Morgan fingerprint density at radius 3 is 2.90 bits per heavy atom. The fraction of sp³-hybridized carbons (Fsp3) is 0.400. The molecular formula is C15H15N3OS. The van der Waals surface area contributed by atoms with Gasteiger partial charge in [0.2, 0.25) is 0 Å². The molecule has 4 nitrogen and oxygen atoms in total. The van der Waals surface area contributed by atoms with Gasteiger partial charge in [-0.1, -0.05) is 6.92 Å². The van der Waals surface area contributed by atoms with Crippen molar-refractivity contribution in [2.45, 2.75) is 39.0 Å². The molecule has 3 heterocycles. The van der Waals surface area contributed by atoms with Crippen molar-refractivity contribution in [2.24, 2.45) is 0 Å². The third kappa shape index (κ3) is 1.56. The number of aromatic nitrogens is 3. The zero-order valence-corrected chi connectivity index (χ0v) is 12.1. The maximum absolute atomic E-state index is 12.0. The molecule has 5 heteroatoms. The SMILES string of the molecule is CCc1nc2sc3c(=O)[nH]cnc3c2c2c1CCCC2. The Bertz CT molecular complexity index is 878. The third-order valence-corrected chi connectivity index (χ3v) is 5.22. The minimum atomic E-state index is -0.0550. The minimum absolute atomic E-state index is 0.0550. The molecule has 1 N–H and O–H groups in total. The number of thiophene rings is 1. The van der Waals surface area contributed by atoms with E-state index >= 15 is 0 Å². The molecule has 0 amide bonds. The largest absolute Gasteiger partial charge is 0.312 e. The van der Waals surface area contributed by atoms with Crippen LogP contribution in [0.1, 0.15) is 36.6 Å². The van der Waals surface area contributed by atoms with Gasteiger partial charge in [-0.25, -0.2) is 9.97 Å². The van der Waals surface area contributed by atoms with E-state index in [9.17, 15) is 4.79 Å². The van der Waals surface area contributed by atoms with Crippen molar-refractivity contribution in [3.63, 3.8) is 0 Å². The smallest absolute Gasteiger partial charge is 0.268 e. The summed E-state index contributed by atoms with van der Waals surface area (Å²) < 4.78 is 0.705. The molecule has 0 radical (unpaired) electrons. The molecule has 0 spiro atoms. The molecule has 0 unspecified atom stereocenters. The molecule has 20 heavy (non-hydrogen) atoms. The van der Waals surface area contributed by atoms with Crippen LogP contribution >= 0.6 is 11.3 Å². The van der Waals surface area contributed by atoms with Crippen molar-refractivity contribution in [1.82, 2.24) is 15.0 Å². The summed E-state index contributed by atoms with van der Waals surface area (Å²) in [4.78, 5) is 24.8. The summed E-state index contributed by atoms with van der Waals surface area (Å²) in [5.41, 5.74) is 4.79. The van der Waals surface area contributed by atoms with Crippen LogP contribution in [0, 0.1) is 0 Å². The molecule has 1 aliphatic rings. The van der Waals surface area contributed by atoms with Gasteiger partial charge in [0.05, 0.1) is 11.8 Å². The van der Waals surface area contributed by atoms with Gasteiger partial charge in [-0.05, 0) is 43.2 Å². The summed E-state index contributed by atoms with van der Waals surface area (Å²) in [6, 6.07) is 0. The average molecular weight is 285 g/mol. The first-order valence-corrected chi connectivity index (χ1v) is 7.91. The van der Waals surface area contributed by atoms with E-state index in [2.05, 4.69) is 16.9 Å². The summed E-state index contributed by atoms with van der Waals surface area (Å²) in [6.07, 6.45) is 7.11. The highest BCUT2D eigenvalue weighted by Gasteiger charge is 2.21. The maximum atomic E-state index is 12.0. The quantitative estimate of drug-likeness (QED) is 0.747. The molecule has 3 aromatic rings. The Kier molecular flexibility index (Phi) is 2.63. The first kappa shape index (κ1) is 12.0. The van der Waals surface area contributed by atoms with Gasteiger partial charge < -0.3 is 4.98 Å². The number of nitrogens with one attached hydrogen (secondary N) is 1. The molecule has 1 aliphatic carbocycles. The van der Waals surface area contributed by atoms with Crippen molar-refractivity contribution in [2.75, 3.05) is 0 Å². The number of rotatable bonds is 1. The average Bonchev–Trinajstić information content (AvgIpc) is 2.86. The Morgan fingerprint density at radius 1 is 1.30 bits per heavy atom. The Hall–Kier alpha value is -1.75. The van der Waals surface area contributed by atoms with E-state index in [1.807, 2.05) is 0 Å².